The van der Waals surface area contributed by atoms with E-state index in [1.807, 2.05) is 0 Å². The number of methoxy groups -OCH3 is 1. The van der Waals surface area contributed by atoms with Crippen LogP contribution in [0.3, 0.4) is 0 Å². The fraction of sp³-hybridized carbons (Fsp3) is 0.667. The molecule has 1 aliphatic heterocycles. The number of hydrogen-bond acceptors (Lipinski definition) is 5. The van der Waals surface area contributed by atoms with Gasteiger partial charge in [0.1, 0.15) is 17.1 Å². The molecule has 2 rings (SSSR count). The van der Waals surface area contributed by atoms with Crippen molar-refractivity contribution in [3.05, 3.63) is 23.2 Å². The third kappa shape index (κ3) is 3.22. The van der Waals surface area contributed by atoms with Gasteiger partial charge in [0.05, 0.1) is 13.7 Å². The summed E-state index contributed by atoms with van der Waals surface area (Å²) < 4.78 is 10.4. The molecule has 1 fully saturated rings. The predicted molar refractivity (Wildman–Crippen MR) is 76.4 cm³/mol. The minimum Gasteiger partial charge on any atom is -0.465 e. The molecule has 0 radical (unpaired) electrons. The van der Waals surface area contributed by atoms with E-state index in [0.717, 1.165) is 31.8 Å². The van der Waals surface area contributed by atoms with Crippen molar-refractivity contribution in [1.82, 2.24) is 4.90 Å². The third-order valence-corrected chi connectivity index (χ3v) is 4.18. The third-order valence-electron chi connectivity index (χ3n) is 4.18. The number of rotatable bonds is 4. The van der Waals surface area contributed by atoms with Gasteiger partial charge in [-0.3, -0.25) is 4.90 Å². The Morgan fingerprint density at radius 3 is 2.95 bits per heavy atom. The largest absolute Gasteiger partial charge is 0.465 e. The van der Waals surface area contributed by atoms with Crippen molar-refractivity contribution in [3.8, 4) is 0 Å². The Labute approximate surface area is 120 Å². The van der Waals surface area contributed by atoms with Gasteiger partial charge in [-0.05, 0) is 45.2 Å². The normalized spacial score (nSPS) is 23.8. The first-order valence-corrected chi connectivity index (χ1v) is 7.16. The van der Waals surface area contributed by atoms with Crippen LogP contribution in [-0.4, -0.2) is 37.1 Å². The average molecular weight is 280 g/mol. The van der Waals surface area contributed by atoms with E-state index >= 15 is 0 Å². The fourth-order valence-corrected chi connectivity index (χ4v) is 2.81. The first-order valence-electron chi connectivity index (χ1n) is 7.16. The molecule has 0 bridgehead atoms. The van der Waals surface area contributed by atoms with Gasteiger partial charge in [0.2, 0.25) is 0 Å². The van der Waals surface area contributed by atoms with Crippen LogP contribution in [0.2, 0.25) is 0 Å². The van der Waals surface area contributed by atoms with E-state index in [1.165, 1.54) is 13.5 Å². The van der Waals surface area contributed by atoms with Crippen LogP contribution in [0.25, 0.3) is 0 Å². The van der Waals surface area contributed by atoms with Crippen molar-refractivity contribution >= 4 is 5.97 Å². The highest BCUT2D eigenvalue weighted by atomic mass is 16.5. The molecule has 0 aromatic carbocycles. The zero-order valence-corrected chi connectivity index (χ0v) is 12.5. The quantitative estimate of drug-likeness (QED) is 0.854. The van der Waals surface area contributed by atoms with Crippen LogP contribution in [0.1, 0.15) is 41.6 Å². The lowest BCUT2D eigenvalue weighted by atomic mass is 9.93. The summed E-state index contributed by atoms with van der Waals surface area (Å²) in [7, 11) is 1.38. The lowest BCUT2D eigenvalue weighted by Gasteiger charge is -2.37. The zero-order chi connectivity index (χ0) is 14.7. The molecule has 2 unspecified atom stereocenters. The maximum absolute atomic E-state index is 11.6. The van der Waals surface area contributed by atoms with Gasteiger partial charge in [-0.1, -0.05) is 0 Å². The highest BCUT2D eigenvalue weighted by molar-refractivity contribution is 5.90. The number of likely N-dealkylation sites (tertiary alicyclic amines) is 1. The van der Waals surface area contributed by atoms with E-state index in [9.17, 15) is 4.79 Å². The number of carbonyl (C=O) groups excluding carboxylic acids is 1. The van der Waals surface area contributed by atoms with Gasteiger partial charge in [-0.15, -0.1) is 0 Å². The number of nitrogens with two attached hydrogens (primary N) is 1. The van der Waals surface area contributed by atoms with Gasteiger partial charge in [0, 0.05) is 12.6 Å². The summed E-state index contributed by atoms with van der Waals surface area (Å²) in [6, 6.07) is 2.31. The molecule has 2 heterocycles. The second-order valence-electron chi connectivity index (χ2n) is 5.63. The van der Waals surface area contributed by atoms with Gasteiger partial charge in [0.15, 0.2) is 0 Å². The molecule has 112 valence electrons. The maximum Gasteiger partial charge on any atom is 0.341 e. The lowest BCUT2D eigenvalue weighted by molar-refractivity contribution is 0.0599. The summed E-state index contributed by atoms with van der Waals surface area (Å²) >= 11 is 0. The summed E-state index contributed by atoms with van der Waals surface area (Å²) in [5.41, 5.74) is 6.30. The average Bonchev–Trinajstić information content (AvgIpc) is 2.81. The van der Waals surface area contributed by atoms with Crippen LogP contribution in [0.5, 0.6) is 0 Å². The number of piperidine rings is 1. The molecule has 1 aliphatic rings. The van der Waals surface area contributed by atoms with E-state index in [-0.39, 0.29) is 5.97 Å². The first-order chi connectivity index (χ1) is 9.55. The van der Waals surface area contributed by atoms with E-state index < -0.39 is 0 Å². The molecule has 2 N–H and O–H groups in total. The number of nitrogens with zero attached hydrogens (tertiary/aromatic N) is 1. The minimum atomic E-state index is -0.343. The summed E-state index contributed by atoms with van der Waals surface area (Å²) in [5, 5.41) is 0. The summed E-state index contributed by atoms with van der Waals surface area (Å²) in [6.07, 6.45) is 2.35. The van der Waals surface area contributed by atoms with Crippen LogP contribution in [-0.2, 0) is 11.3 Å². The molecular formula is C15H24N2O3. The van der Waals surface area contributed by atoms with Gasteiger partial charge in [0.25, 0.3) is 0 Å². The van der Waals surface area contributed by atoms with Crippen molar-refractivity contribution in [2.24, 2.45) is 11.7 Å². The van der Waals surface area contributed by atoms with Gasteiger partial charge in [-0.2, -0.15) is 0 Å². The Morgan fingerprint density at radius 1 is 1.55 bits per heavy atom. The van der Waals surface area contributed by atoms with Gasteiger partial charge in [-0.25, -0.2) is 4.79 Å². The molecule has 0 aliphatic carbocycles. The molecular weight excluding hydrogens is 256 g/mol. The monoisotopic (exact) mass is 280 g/mol. The standard InChI is InChI=1S/C15H24N2O3/c1-10-4-5-12(7-16)8-17(10)9-13-6-14(11(2)20-13)15(18)19-3/h6,10,12H,4-5,7-9,16H2,1-3H3. The van der Waals surface area contributed by atoms with Crippen LogP contribution in [0.4, 0.5) is 0 Å². The molecule has 0 saturated carbocycles. The Balaban J connectivity index is 2.07. The molecule has 5 heteroatoms. The SMILES string of the molecule is COC(=O)c1cc(CN2CC(CN)CCC2C)oc1C. The Hall–Kier alpha value is -1.33. The van der Waals surface area contributed by atoms with E-state index in [4.69, 9.17) is 14.9 Å². The van der Waals surface area contributed by atoms with Gasteiger partial charge < -0.3 is 14.9 Å². The first kappa shape index (κ1) is 15.1. The number of furan rings is 1. The van der Waals surface area contributed by atoms with Crippen LogP contribution in [0, 0.1) is 12.8 Å². The topological polar surface area (TPSA) is 68.7 Å². The molecule has 2 atom stereocenters. The minimum absolute atomic E-state index is 0.343. The molecule has 20 heavy (non-hydrogen) atoms. The Bertz CT molecular complexity index is 470. The second kappa shape index (κ2) is 6.41. The highest BCUT2D eigenvalue weighted by Crippen LogP contribution is 2.24. The van der Waals surface area contributed by atoms with E-state index in [0.29, 0.717) is 23.3 Å². The number of carbonyl (C=O) groups is 1. The maximum atomic E-state index is 11.6. The predicted octanol–water partition coefficient (Wildman–Crippen LogP) is 1.93. The number of esters is 1. The van der Waals surface area contributed by atoms with Crippen LogP contribution < -0.4 is 5.73 Å². The van der Waals surface area contributed by atoms with Crippen molar-refractivity contribution in [2.75, 3.05) is 20.2 Å². The number of aryl methyl sites for hydroxylation is 1. The van der Waals surface area contributed by atoms with Gasteiger partial charge >= 0.3 is 5.97 Å². The summed E-state index contributed by atoms with van der Waals surface area (Å²) in [5.74, 6) is 1.64. The smallest absolute Gasteiger partial charge is 0.341 e. The highest BCUT2D eigenvalue weighted by Gasteiger charge is 2.26. The zero-order valence-electron chi connectivity index (χ0n) is 12.5. The van der Waals surface area contributed by atoms with Crippen molar-refractivity contribution in [2.45, 2.75) is 39.3 Å². The molecule has 1 aromatic heterocycles. The van der Waals surface area contributed by atoms with Crippen LogP contribution in [0.15, 0.2) is 10.5 Å². The van der Waals surface area contributed by atoms with Crippen molar-refractivity contribution < 1.29 is 13.9 Å². The van der Waals surface area contributed by atoms with Crippen LogP contribution >= 0.6 is 0 Å². The Morgan fingerprint density at radius 2 is 2.30 bits per heavy atom. The molecule has 1 aromatic rings. The molecule has 1 saturated heterocycles. The van der Waals surface area contributed by atoms with E-state index in [2.05, 4.69) is 11.8 Å². The lowest BCUT2D eigenvalue weighted by Crippen LogP contribution is -2.43. The summed E-state index contributed by atoms with van der Waals surface area (Å²) in [4.78, 5) is 14.0. The van der Waals surface area contributed by atoms with Crippen molar-refractivity contribution in [3.63, 3.8) is 0 Å². The van der Waals surface area contributed by atoms with E-state index in [1.54, 1.807) is 13.0 Å². The Kier molecular flexibility index (Phi) is 4.83. The number of hydrogen-bond donors (Lipinski definition) is 1. The number of ether oxygens (including phenoxy) is 1. The second-order valence-corrected chi connectivity index (χ2v) is 5.63. The molecule has 0 spiro atoms. The van der Waals surface area contributed by atoms with Crippen molar-refractivity contribution in [1.29, 1.82) is 0 Å². The molecule has 5 nitrogen and oxygen atoms in total. The summed E-state index contributed by atoms with van der Waals surface area (Å²) in [6.45, 7) is 6.45. The fourth-order valence-electron chi connectivity index (χ4n) is 2.81. The molecule has 0 amide bonds.